The van der Waals surface area contributed by atoms with Crippen molar-refractivity contribution in [2.75, 3.05) is 38.1 Å². The molecule has 1 N–H and O–H groups in total. The first-order valence-corrected chi connectivity index (χ1v) is 9.22. The third kappa shape index (κ3) is 3.80. The van der Waals surface area contributed by atoms with E-state index in [0.717, 1.165) is 11.1 Å². The van der Waals surface area contributed by atoms with E-state index in [0.29, 0.717) is 44.2 Å². The van der Waals surface area contributed by atoms with Gasteiger partial charge in [0.05, 0.1) is 18.3 Å². The number of hydrogen-bond acceptors (Lipinski definition) is 4. The highest BCUT2D eigenvalue weighted by atomic mass is 16.5. The van der Waals surface area contributed by atoms with Crippen molar-refractivity contribution >= 4 is 17.5 Å². The van der Waals surface area contributed by atoms with Crippen LogP contribution in [-0.2, 0) is 9.59 Å². The molecule has 0 aliphatic carbocycles. The Bertz CT molecular complexity index is 853. The van der Waals surface area contributed by atoms with E-state index >= 15 is 0 Å². The molecule has 0 saturated carbocycles. The zero-order chi connectivity index (χ0) is 18.8. The lowest BCUT2D eigenvalue weighted by atomic mass is 10.0. The number of benzene rings is 2. The molecule has 0 bridgehead atoms. The second-order valence-electron chi connectivity index (χ2n) is 7.03. The molecule has 1 atom stereocenters. The first-order valence-electron chi connectivity index (χ1n) is 9.22. The summed E-state index contributed by atoms with van der Waals surface area (Å²) < 4.78 is 6.05. The van der Waals surface area contributed by atoms with Crippen molar-refractivity contribution in [3.63, 3.8) is 0 Å². The van der Waals surface area contributed by atoms with Gasteiger partial charge in [0.15, 0.2) is 0 Å². The average Bonchev–Trinajstić information content (AvgIpc) is 2.74. The molecule has 140 valence electrons. The number of hydrogen-bond donors (Lipinski definition) is 1. The molecule has 1 saturated heterocycles. The third-order valence-corrected chi connectivity index (χ3v) is 5.19. The standard InChI is InChI=1S/C21H23N3O3/c1-15(25)23-9-10-24-13-21(26)22-19-11-17(16-5-3-2-4-6-16)7-8-20(19)27-14-18(24)12-23/h2-8,11,18H,9-10,12-14H2,1H3,(H,22,26)/t18-/m0/s1. The average molecular weight is 365 g/mol. The Hall–Kier alpha value is -2.86. The summed E-state index contributed by atoms with van der Waals surface area (Å²) in [6.45, 7) is 4.22. The predicted molar refractivity (Wildman–Crippen MR) is 104 cm³/mol. The Balaban J connectivity index is 1.60. The molecule has 2 aliphatic heterocycles. The zero-order valence-corrected chi connectivity index (χ0v) is 15.4. The summed E-state index contributed by atoms with van der Waals surface area (Å²) >= 11 is 0. The van der Waals surface area contributed by atoms with E-state index in [4.69, 9.17) is 4.74 Å². The van der Waals surface area contributed by atoms with E-state index in [2.05, 4.69) is 10.2 Å². The fourth-order valence-electron chi connectivity index (χ4n) is 3.67. The maximum atomic E-state index is 12.6. The molecular weight excluding hydrogens is 342 g/mol. The first-order chi connectivity index (χ1) is 13.1. The molecule has 27 heavy (non-hydrogen) atoms. The molecular formula is C21H23N3O3. The fourth-order valence-corrected chi connectivity index (χ4v) is 3.67. The number of fused-ring (bicyclic) bond motifs is 2. The van der Waals surface area contributed by atoms with Crippen LogP contribution in [0.4, 0.5) is 5.69 Å². The molecule has 0 spiro atoms. The van der Waals surface area contributed by atoms with E-state index in [1.807, 2.05) is 53.4 Å². The Morgan fingerprint density at radius 1 is 1.11 bits per heavy atom. The highest BCUT2D eigenvalue weighted by molar-refractivity contribution is 5.94. The Labute approximate surface area is 158 Å². The van der Waals surface area contributed by atoms with Crippen molar-refractivity contribution < 1.29 is 14.3 Å². The fraction of sp³-hybridized carbons (Fsp3) is 0.333. The maximum Gasteiger partial charge on any atom is 0.238 e. The van der Waals surface area contributed by atoms with Gasteiger partial charge in [-0.15, -0.1) is 0 Å². The summed E-state index contributed by atoms with van der Waals surface area (Å²) in [6, 6.07) is 15.9. The molecule has 0 aromatic heterocycles. The van der Waals surface area contributed by atoms with Crippen LogP contribution in [-0.4, -0.2) is 60.4 Å². The summed E-state index contributed by atoms with van der Waals surface area (Å²) in [6.07, 6.45) is 0. The number of anilines is 1. The smallest absolute Gasteiger partial charge is 0.238 e. The minimum atomic E-state index is -0.0618. The van der Waals surface area contributed by atoms with Crippen molar-refractivity contribution in [2.24, 2.45) is 0 Å². The van der Waals surface area contributed by atoms with Gasteiger partial charge in [0.2, 0.25) is 11.8 Å². The van der Waals surface area contributed by atoms with E-state index in [-0.39, 0.29) is 17.9 Å². The van der Waals surface area contributed by atoms with E-state index in [1.165, 1.54) is 0 Å². The molecule has 2 aliphatic rings. The lowest BCUT2D eigenvalue weighted by molar-refractivity contribution is -0.132. The van der Waals surface area contributed by atoms with Gasteiger partial charge >= 0.3 is 0 Å². The largest absolute Gasteiger partial charge is 0.490 e. The molecule has 4 rings (SSSR count). The van der Waals surface area contributed by atoms with Crippen LogP contribution in [0.25, 0.3) is 11.1 Å². The summed E-state index contributed by atoms with van der Waals surface area (Å²) in [5.41, 5.74) is 2.80. The van der Waals surface area contributed by atoms with Gasteiger partial charge in [-0.2, -0.15) is 0 Å². The lowest BCUT2D eigenvalue weighted by Crippen LogP contribution is -2.57. The monoisotopic (exact) mass is 365 g/mol. The minimum Gasteiger partial charge on any atom is -0.490 e. The van der Waals surface area contributed by atoms with Crippen molar-refractivity contribution in [3.8, 4) is 16.9 Å². The number of ether oxygens (including phenoxy) is 1. The molecule has 0 radical (unpaired) electrons. The van der Waals surface area contributed by atoms with E-state index in [9.17, 15) is 9.59 Å². The predicted octanol–water partition coefficient (Wildman–Crippen LogP) is 2.22. The minimum absolute atomic E-state index is 0.00755. The lowest BCUT2D eigenvalue weighted by Gasteiger charge is -2.40. The van der Waals surface area contributed by atoms with Crippen molar-refractivity contribution in [1.29, 1.82) is 0 Å². The van der Waals surface area contributed by atoms with Gasteiger partial charge in [-0.1, -0.05) is 36.4 Å². The van der Waals surface area contributed by atoms with Crippen LogP contribution in [0.1, 0.15) is 6.92 Å². The topological polar surface area (TPSA) is 61.9 Å². The van der Waals surface area contributed by atoms with Gasteiger partial charge in [0.25, 0.3) is 0 Å². The molecule has 6 heteroatoms. The number of amides is 2. The van der Waals surface area contributed by atoms with E-state index < -0.39 is 0 Å². The summed E-state index contributed by atoms with van der Waals surface area (Å²) in [5, 5.41) is 2.99. The van der Waals surface area contributed by atoms with Crippen LogP contribution in [0, 0.1) is 0 Å². The number of carbonyl (C=O) groups excluding carboxylic acids is 2. The van der Waals surface area contributed by atoms with Crippen LogP contribution >= 0.6 is 0 Å². The van der Waals surface area contributed by atoms with Crippen molar-refractivity contribution in [3.05, 3.63) is 48.5 Å². The van der Waals surface area contributed by atoms with Gasteiger partial charge in [-0.05, 0) is 23.3 Å². The van der Waals surface area contributed by atoms with Crippen LogP contribution in [0.5, 0.6) is 5.75 Å². The van der Waals surface area contributed by atoms with Crippen molar-refractivity contribution in [2.45, 2.75) is 13.0 Å². The van der Waals surface area contributed by atoms with Gasteiger partial charge < -0.3 is 15.0 Å². The van der Waals surface area contributed by atoms with Crippen LogP contribution in [0.3, 0.4) is 0 Å². The molecule has 0 unspecified atom stereocenters. The summed E-state index contributed by atoms with van der Waals surface area (Å²) in [7, 11) is 0. The Morgan fingerprint density at radius 2 is 1.93 bits per heavy atom. The third-order valence-electron chi connectivity index (χ3n) is 5.19. The van der Waals surface area contributed by atoms with Gasteiger partial charge in [0, 0.05) is 26.6 Å². The molecule has 2 aromatic carbocycles. The Kier molecular flexibility index (Phi) is 4.81. The Morgan fingerprint density at radius 3 is 2.70 bits per heavy atom. The van der Waals surface area contributed by atoms with Crippen LogP contribution < -0.4 is 10.1 Å². The van der Waals surface area contributed by atoms with Crippen molar-refractivity contribution in [1.82, 2.24) is 9.80 Å². The normalized spacial score (nSPS) is 20.3. The SMILES string of the molecule is CC(=O)N1CCN2CC(=O)Nc3cc(-c4ccccc4)ccc3OC[C@@H]2C1. The maximum absolute atomic E-state index is 12.6. The number of piperazine rings is 1. The van der Waals surface area contributed by atoms with E-state index in [1.54, 1.807) is 6.92 Å². The highest BCUT2D eigenvalue weighted by Gasteiger charge is 2.31. The highest BCUT2D eigenvalue weighted by Crippen LogP contribution is 2.32. The number of nitrogens with one attached hydrogen (secondary N) is 1. The van der Waals surface area contributed by atoms with Crippen LogP contribution in [0.15, 0.2) is 48.5 Å². The molecule has 2 amide bonds. The second kappa shape index (κ2) is 7.40. The van der Waals surface area contributed by atoms with Gasteiger partial charge in [-0.25, -0.2) is 0 Å². The molecule has 2 heterocycles. The quantitative estimate of drug-likeness (QED) is 0.842. The molecule has 2 aromatic rings. The molecule has 6 nitrogen and oxygen atoms in total. The zero-order valence-electron chi connectivity index (χ0n) is 15.4. The summed E-state index contributed by atoms with van der Waals surface area (Å²) in [5.74, 6) is 0.657. The second-order valence-corrected chi connectivity index (χ2v) is 7.03. The number of rotatable bonds is 1. The van der Waals surface area contributed by atoms with Crippen LogP contribution in [0.2, 0.25) is 0 Å². The number of nitrogens with zero attached hydrogens (tertiary/aromatic N) is 2. The number of carbonyl (C=O) groups is 2. The van der Waals surface area contributed by atoms with Gasteiger partial charge in [0.1, 0.15) is 12.4 Å². The summed E-state index contributed by atoms with van der Waals surface area (Å²) in [4.78, 5) is 28.2. The first kappa shape index (κ1) is 17.5. The molecule has 1 fully saturated rings. The van der Waals surface area contributed by atoms with Gasteiger partial charge in [-0.3, -0.25) is 14.5 Å².